The van der Waals surface area contributed by atoms with E-state index in [1.54, 1.807) is 16.1 Å². The van der Waals surface area contributed by atoms with Gasteiger partial charge in [-0.3, -0.25) is 9.80 Å². The van der Waals surface area contributed by atoms with E-state index in [9.17, 15) is 13.2 Å². The Balaban J connectivity index is 1.09. The van der Waals surface area contributed by atoms with Gasteiger partial charge in [0, 0.05) is 50.9 Å². The van der Waals surface area contributed by atoms with Crippen molar-refractivity contribution in [3.63, 3.8) is 0 Å². The summed E-state index contributed by atoms with van der Waals surface area (Å²) in [5, 5.41) is 3.93. The van der Waals surface area contributed by atoms with Gasteiger partial charge in [-0.25, -0.2) is 13.2 Å². The van der Waals surface area contributed by atoms with E-state index >= 15 is 0 Å². The molecule has 11 nitrogen and oxygen atoms in total. The van der Waals surface area contributed by atoms with Crippen molar-refractivity contribution >= 4 is 21.8 Å². The number of anilines is 1. The molecule has 2 saturated heterocycles. The van der Waals surface area contributed by atoms with Crippen LogP contribution in [0.3, 0.4) is 0 Å². The van der Waals surface area contributed by atoms with E-state index in [4.69, 9.17) is 14.0 Å². The second-order valence-electron chi connectivity index (χ2n) is 12.4. The molecule has 0 saturated carbocycles. The molecule has 4 heterocycles. The molecule has 1 aromatic heterocycles. The van der Waals surface area contributed by atoms with Crippen molar-refractivity contribution in [1.82, 2.24) is 19.3 Å². The average molecular weight is 610 g/mol. The zero-order valence-electron chi connectivity index (χ0n) is 25.6. The van der Waals surface area contributed by atoms with Crippen molar-refractivity contribution in [1.29, 1.82) is 0 Å². The number of aromatic nitrogens is 2. The first kappa shape index (κ1) is 29.6. The van der Waals surface area contributed by atoms with Crippen LogP contribution in [0, 0.1) is 27.7 Å². The van der Waals surface area contributed by atoms with E-state index in [0.29, 0.717) is 55.9 Å². The van der Waals surface area contributed by atoms with Gasteiger partial charge in [0.2, 0.25) is 21.7 Å². The fourth-order valence-corrected chi connectivity index (χ4v) is 8.29. The lowest BCUT2D eigenvalue weighted by Gasteiger charge is -2.37. The van der Waals surface area contributed by atoms with Crippen molar-refractivity contribution in [3.8, 4) is 17.1 Å². The van der Waals surface area contributed by atoms with Crippen LogP contribution in [0.4, 0.5) is 10.5 Å². The minimum atomic E-state index is -3.69. The maximum absolute atomic E-state index is 14.0. The van der Waals surface area contributed by atoms with Gasteiger partial charge < -0.3 is 14.0 Å². The SMILES string of the molecule is Cc1nc(-c2ccc(N3CC(CN4CCN(S(=O)(=O)c5c(C)c(C)c6c(c5C)CCC(C)(C)O6)CC4)OC3=O)cc2)no1. The first-order valence-electron chi connectivity index (χ1n) is 14.8. The summed E-state index contributed by atoms with van der Waals surface area (Å²) in [6, 6.07) is 7.38. The average Bonchev–Trinajstić information content (AvgIpc) is 3.56. The fraction of sp³-hybridized carbons (Fsp3) is 0.516. The highest BCUT2D eigenvalue weighted by atomic mass is 32.2. The van der Waals surface area contributed by atoms with Gasteiger partial charge in [0.25, 0.3) is 0 Å². The number of carbonyl (C=O) groups is 1. The van der Waals surface area contributed by atoms with Crippen molar-refractivity contribution in [2.24, 2.45) is 0 Å². The molecular weight excluding hydrogens is 570 g/mol. The lowest BCUT2D eigenvalue weighted by Crippen LogP contribution is -2.51. The zero-order chi connectivity index (χ0) is 30.7. The Morgan fingerprint density at radius 1 is 0.977 bits per heavy atom. The molecule has 6 rings (SSSR count). The van der Waals surface area contributed by atoms with Gasteiger partial charge in [-0.1, -0.05) is 5.16 Å². The number of aryl methyl sites for hydroxylation is 1. The number of amides is 1. The molecule has 1 atom stereocenters. The van der Waals surface area contributed by atoms with Crippen LogP contribution in [-0.4, -0.2) is 84.8 Å². The Morgan fingerprint density at radius 3 is 2.33 bits per heavy atom. The second-order valence-corrected chi connectivity index (χ2v) is 14.3. The molecule has 0 bridgehead atoms. The summed E-state index contributed by atoms with van der Waals surface area (Å²) in [4.78, 5) is 21.1. The van der Waals surface area contributed by atoms with Crippen LogP contribution in [-0.2, 0) is 21.2 Å². The van der Waals surface area contributed by atoms with Crippen LogP contribution >= 0.6 is 0 Å². The van der Waals surface area contributed by atoms with Crippen LogP contribution in [0.15, 0.2) is 33.7 Å². The fourth-order valence-electron chi connectivity index (χ4n) is 6.34. The number of nitrogens with zero attached hydrogens (tertiary/aromatic N) is 5. The molecule has 0 N–H and O–H groups in total. The highest BCUT2D eigenvalue weighted by molar-refractivity contribution is 7.89. The van der Waals surface area contributed by atoms with Gasteiger partial charge in [-0.2, -0.15) is 9.29 Å². The summed E-state index contributed by atoms with van der Waals surface area (Å²) in [6.45, 7) is 14.5. The minimum absolute atomic E-state index is 0.266. The van der Waals surface area contributed by atoms with E-state index in [-0.39, 0.29) is 11.7 Å². The second kappa shape index (κ2) is 10.9. The molecule has 2 aromatic carbocycles. The van der Waals surface area contributed by atoms with Crippen LogP contribution in [0.25, 0.3) is 11.4 Å². The molecule has 3 aliphatic heterocycles. The van der Waals surface area contributed by atoms with E-state index in [1.807, 2.05) is 45.0 Å². The van der Waals surface area contributed by atoms with Gasteiger partial charge >= 0.3 is 6.09 Å². The van der Waals surface area contributed by atoms with Crippen LogP contribution in [0.2, 0.25) is 0 Å². The smallest absolute Gasteiger partial charge is 0.414 e. The highest BCUT2D eigenvalue weighted by Crippen LogP contribution is 2.43. The van der Waals surface area contributed by atoms with Gasteiger partial charge in [-0.05, 0) is 94.0 Å². The molecule has 230 valence electrons. The lowest BCUT2D eigenvalue weighted by atomic mass is 9.88. The number of benzene rings is 2. The summed E-state index contributed by atoms with van der Waals surface area (Å²) in [7, 11) is -3.69. The molecule has 43 heavy (non-hydrogen) atoms. The predicted octanol–water partition coefficient (Wildman–Crippen LogP) is 4.41. The third kappa shape index (κ3) is 5.51. The van der Waals surface area contributed by atoms with Crippen molar-refractivity contribution < 1.29 is 27.2 Å². The summed E-state index contributed by atoms with van der Waals surface area (Å²) < 4.78 is 46.6. The molecule has 0 radical (unpaired) electrons. The largest absolute Gasteiger partial charge is 0.487 e. The number of carbonyl (C=O) groups excluding carboxylic acids is 1. The quantitative estimate of drug-likeness (QED) is 0.401. The Labute approximate surface area is 252 Å². The molecule has 1 amide bonds. The number of rotatable bonds is 6. The van der Waals surface area contributed by atoms with Crippen molar-refractivity contribution in [2.75, 3.05) is 44.2 Å². The number of sulfonamides is 1. The molecule has 0 spiro atoms. The number of piperazine rings is 1. The minimum Gasteiger partial charge on any atom is -0.487 e. The molecule has 3 aliphatic rings. The van der Waals surface area contributed by atoms with Gasteiger partial charge in [-0.15, -0.1) is 0 Å². The number of hydrogen-bond acceptors (Lipinski definition) is 9. The van der Waals surface area contributed by atoms with Gasteiger partial charge in [0.05, 0.1) is 11.4 Å². The number of ether oxygens (including phenoxy) is 2. The van der Waals surface area contributed by atoms with Gasteiger partial charge in [0.1, 0.15) is 17.5 Å². The Morgan fingerprint density at radius 2 is 1.67 bits per heavy atom. The molecular formula is C31H39N5O6S. The Kier molecular flexibility index (Phi) is 7.50. The van der Waals surface area contributed by atoms with Crippen LogP contribution in [0.5, 0.6) is 5.75 Å². The van der Waals surface area contributed by atoms with E-state index in [0.717, 1.165) is 52.1 Å². The zero-order valence-corrected chi connectivity index (χ0v) is 26.5. The molecule has 0 aliphatic carbocycles. The lowest BCUT2D eigenvalue weighted by molar-refractivity contribution is 0.0831. The van der Waals surface area contributed by atoms with E-state index < -0.39 is 16.1 Å². The maximum atomic E-state index is 14.0. The molecule has 2 fully saturated rings. The van der Waals surface area contributed by atoms with E-state index in [1.165, 1.54) is 0 Å². The number of hydrogen-bond donors (Lipinski definition) is 0. The van der Waals surface area contributed by atoms with E-state index in [2.05, 4.69) is 28.9 Å². The van der Waals surface area contributed by atoms with Crippen LogP contribution in [0.1, 0.15) is 48.4 Å². The normalized spacial score (nSPS) is 21.0. The van der Waals surface area contributed by atoms with Gasteiger partial charge in [0.15, 0.2) is 0 Å². The summed E-state index contributed by atoms with van der Waals surface area (Å²) in [5.41, 5.74) is 4.73. The van der Waals surface area contributed by atoms with Crippen molar-refractivity contribution in [3.05, 3.63) is 52.4 Å². The van der Waals surface area contributed by atoms with Crippen LogP contribution < -0.4 is 9.64 Å². The Bertz CT molecular complexity index is 1660. The van der Waals surface area contributed by atoms with Crippen molar-refractivity contribution in [2.45, 2.75) is 71.0 Å². The highest BCUT2D eigenvalue weighted by Gasteiger charge is 2.38. The number of cyclic esters (lactones) is 1. The predicted molar refractivity (Wildman–Crippen MR) is 161 cm³/mol. The Hall–Kier alpha value is -3.48. The third-order valence-electron chi connectivity index (χ3n) is 8.90. The first-order chi connectivity index (χ1) is 20.3. The first-order valence-corrected chi connectivity index (χ1v) is 16.2. The monoisotopic (exact) mass is 609 g/mol. The molecule has 3 aromatic rings. The maximum Gasteiger partial charge on any atom is 0.414 e. The standard InChI is InChI=1S/C31H39N5O6S/c1-19-20(2)28(21(3)26-11-12-31(5,6)41-27(19)26)43(38,39)35-15-13-34(14-16-35)17-25-18-36(30(37)40-25)24-9-7-23(8-10-24)29-32-22(4)42-33-29/h7-10,25H,11-18H2,1-6H3. The summed E-state index contributed by atoms with van der Waals surface area (Å²) >= 11 is 0. The summed E-state index contributed by atoms with van der Waals surface area (Å²) in [5.74, 6) is 1.83. The molecule has 12 heteroatoms. The molecule has 1 unspecified atom stereocenters. The topological polar surface area (TPSA) is 118 Å². The third-order valence-corrected chi connectivity index (χ3v) is 11.1. The number of fused-ring (bicyclic) bond motifs is 1. The summed E-state index contributed by atoms with van der Waals surface area (Å²) in [6.07, 6.45) is 0.934.